The van der Waals surface area contributed by atoms with Gasteiger partial charge in [-0.1, -0.05) is 89.9 Å². The Balaban J connectivity index is -0.000000222. The topological polar surface area (TPSA) is 0 Å². The van der Waals surface area contributed by atoms with Crippen LogP contribution in [-0.2, 0) is 53.6 Å². The summed E-state index contributed by atoms with van der Waals surface area (Å²) in [7, 11) is 0. The quantitative estimate of drug-likeness (QED) is 0.263. The average Bonchev–Trinajstić information content (AvgIpc) is 3.40. The summed E-state index contributed by atoms with van der Waals surface area (Å²) in [4.78, 5) is 0. The van der Waals surface area contributed by atoms with E-state index in [4.69, 9.17) is 0 Å². The monoisotopic (exact) mass is 454 g/mol. The van der Waals surface area contributed by atoms with Gasteiger partial charge in [0.15, 0.2) is 0 Å². The van der Waals surface area contributed by atoms with Crippen LogP contribution in [0.2, 0.25) is 0 Å². The van der Waals surface area contributed by atoms with Crippen molar-refractivity contribution in [2.45, 2.75) is 116 Å². The van der Waals surface area contributed by atoms with E-state index >= 15 is 0 Å². The van der Waals surface area contributed by atoms with Crippen molar-refractivity contribution in [2.75, 3.05) is 0 Å². The first kappa shape index (κ1) is 29.4. The molecule has 0 nitrogen and oxygen atoms in total. The van der Waals surface area contributed by atoms with Crippen LogP contribution >= 0.6 is 0 Å². The molecule has 0 bridgehead atoms. The van der Waals surface area contributed by atoms with Crippen molar-refractivity contribution in [1.82, 2.24) is 0 Å². The van der Waals surface area contributed by atoms with Gasteiger partial charge < -0.3 is 12.8 Å². The Hall–Kier alpha value is 1.66. The fourth-order valence-corrected chi connectivity index (χ4v) is 3.21. The molecular formula is C20H38Fe2Zn+4. The Kier molecular flexibility index (Phi) is 33.1. The summed E-state index contributed by atoms with van der Waals surface area (Å²) in [6, 6.07) is 0. The minimum absolute atomic E-state index is 0. The van der Waals surface area contributed by atoms with Crippen molar-refractivity contribution >= 4 is 0 Å². The van der Waals surface area contributed by atoms with Crippen LogP contribution in [0.3, 0.4) is 0 Å². The van der Waals surface area contributed by atoms with Crippen LogP contribution in [0.25, 0.3) is 0 Å². The van der Waals surface area contributed by atoms with E-state index in [1.807, 2.05) is 0 Å². The molecule has 3 heteroatoms. The molecule has 0 aromatic carbocycles. The van der Waals surface area contributed by atoms with Crippen LogP contribution in [0.15, 0.2) is 0 Å². The first-order valence-corrected chi connectivity index (χ1v) is 9.63. The first-order chi connectivity index (χ1) is 10.0. The molecule has 4 fully saturated rings. The Morgan fingerprint density at radius 3 is 0.565 bits per heavy atom. The van der Waals surface area contributed by atoms with E-state index in [9.17, 15) is 0 Å². The summed E-state index contributed by atoms with van der Waals surface area (Å²) in [5.74, 6) is 0. The van der Waals surface area contributed by atoms with Crippen LogP contribution in [0.5, 0.6) is 0 Å². The molecule has 0 heterocycles. The Morgan fingerprint density at radius 1 is 0.304 bits per heavy atom. The maximum Gasteiger partial charge on any atom is 2.00 e. The van der Waals surface area contributed by atoms with Gasteiger partial charge in [-0.15, -0.1) is 0 Å². The van der Waals surface area contributed by atoms with Gasteiger partial charge in [0.05, 0.1) is 0 Å². The molecule has 4 saturated carbocycles. The third-order valence-electron chi connectivity index (χ3n) is 4.63. The molecule has 132 valence electrons. The van der Waals surface area contributed by atoms with Crippen molar-refractivity contribution in [2.24, 2.45) is 0 Å². The molecule has 23 heavy (non-hydrogen) atoms. The molecule has 4 aliphatic carbocycles. The van der Waals surface area contributed by atoms with Crippen LogP contribution in [-0.4, -0.2) is 0 Å². The summed E-state index contributed by atoms with van der Waals surface area (Å²) in [5, 5.41) is 0. The van der Waals surface area contributed by atoms with E-state index in [-0.39, 0.29) is 53.6 Å². The summed E-state index contributed by atoms with van der Waals surface area (Å²) in [6.07, 6.45) is 31.0. The molecule has 0 unspecified atom stereocenters. The molecule has 0 aliphatic heterocycles. The Bertz CT molecular complexity index is 102. The van der Waals surface area contributed by atoms with E-state index in [1.54, 1.807) is 0 Å². The molecule has 0 amide bonds. The second-order valence-corrected chi connectivity index (χ2v) is 6.68. The minimum Gasteiger partial charge on any atom is -0.328 e. The van der Waals surface area contributed by atoms with Gasteiger partial charge in [0.2, 0.25) is 0 Å². The maximum atomic E-state index is 2.36. The molecule has 4 rings (SSSR count). The smallest absolute Gasteiger partial charge is 0.328 e. The van der Waals surface area contributed by atoms with E-state index in [0.717, 1.165) is 0 Å². The van der Waals surface area contributed by atoms with Crippen LogP contribution < -0.4 is 0 Å². The van der Waals surface area contributed by atoms with Gasteiger partial charge in [-0.3, -0.25) is 0 Å². The second kappa shape index (κ2) is 25.9. The Labute approximate surface area is 181 Å². The Morgan fingerprint density at radius 2 is 0.478 bits per heavy atom. The summed E-state index contributed by atoms with van der Waals surface area (Å²) < 4.78 is 0. The van der Waals surface area contributed by atoms with Crippen LogP contribution in [0, 0.1) is 12.8 Å². The SMILES string of the molecule is C1CCCC1.C1CCCC1.[CH-]1CCCC1.[CH-]1CCCC1.[Fe+2].[Fe+2].[Zn+2]. The summed E-state index contributed by atoms with van der Waals surface area (Å²) in [6.45, 7) is 0. The van der Waals surface area contributed by atoms with E-state index in [2.05, 4.69) is 12.8 Å². The van der Waals surface area contributed by atoms with Gasteiger partial charge >= 0.3 is 53.6 Å². The predicted molar refractivity (Wildman–Crippen MR) is 91.7 cm³/mol. The third kappa shape index (κ3) is 23.7. The first-order valence-electron chi connectivity index (χ1n) is 9.63. The largest absolute Gasteiger partial charge is 2.00 e. The normalized spacial score (nSPS) is 20.9. The summed E-state index contributed by atoms with van der Waals surface area (Å²) >= 11 is 0. The molecular weight excluding hydrogens is 417 g/mol. The maximum absolute atomic E-state index is 2.36. The van der Waals surface area contributed by atoms with E-state index in [0.29, 0.717) is 0 Å². The zero-order valence-corrected chi connectivity index (χ0v) is 20.5. The van der Waals surface area contributed by atoms with E-state index < -0.39 is 0 Å². The van der Waals surface area contributed by atoms with Gasteiger partial charge in [0.1, 0.15) is 0 Å². The van der Waals surface area contributed by atoms with Crippen LogP contribution in [0.4, 0.5) is 0 Å². The zero-order valence-electron chi connectivity index (χ0n) is 15.3. The average molecular weight is 456 g/mol. The van der Waals surface area contributed by atoms with Crippen molar-refractivity contribution in [3.8, 4) is 0 Å². The third-order valence-corrected chi connectivity index (χ3v) is 4.63. The second-order valence-electron chi connectivity index (χ2n) is 6.68. The molecule has 0 radical (unpaired) electrons. The summed E-state index contributed by atoms with van der Waals surface area (Å²) in [5.41, 5.74) is 0. The molecule has 0 spiro atoms. The molecule has 0 atom stereocenters. The van der Waals surface area contributed by atoms with Gasteiger partial charge in [0, 0.05) is 0 Å². The number of hydrogen-bond acceptors (Lipinski definition) is 0. The fraction of sp³-hybridized carbons (Fsp3) is 0.900. The minimum atomic E-state index is 0. The van der Waals surface area contributed by atoms with Crippen LogP contribution in [0.1, 0.15) is 116 Å². The molecule has 4 aliphatic rings. The van der Waals surface area contributed by atoms with Crippen molar-refractivity contribution in [3.05, 3.63) is 12.8 Å². The van der Waals surface area contributed by atoms with Gasteiger partial charge in [-0.05, 0) is 0 Å². The molecule has 0 saturated heterocycles. The van der Waals surface area contributed by atoms with Gasteiger partial charge in [-0.25, -0.2) is 0 Å². The number of hydrogen-bond donors (Lipinski definition) is 0. The standard InChI is InChI=1S/2C5H10.2C5H9.2Fe.Zn/c4*1-2-4-5-3-1;;;/h2*1-5H2;2*1H,2-5H2;;;/q;;2*-1;3*+2. The van der Waals surface area contributed by atoms with Crippen molar-refractivity contribution in [1.29, 1.82) is 0 Å². The fourth-order valence-electron chi connectivity index (χ4n) is 3.21. The van der Waals surface area contributed by atoms with Crippen molar-refractivity contribution in [3.63, 3.8) is 0 Å². The zero-order chi connectivity index (χ0) is 14.1. The molecule has 0 aromatic heterocycles. The van der Waals surface area contributed by atoms with E-state index in [1.165, 1.54) is 116 Å². The number of rotatable bonds is 0. The van der Waals surface area contributed by atoms with Crippen molar-refractivity contribution < 1.29 is 53.6 Å². The van der Waals surface area contributed by atoms with Gasteiger partial charge in [0.25, 0.3) is 0 Å². The molecule has 0 aromatic rings. The predicted octanol–water partition coefficient (Wildman–Crippen LogP) is 7.42. The van der Waals surface area contributed by atoms with Gasteiger partial charge in [-0.2, -0.15) is 25.7 Å². The molecule has 0 N–H and O–H groups in total.